The molecular formula is C15H17N5S2. The number of aromatic nitrogens is 4. The van der Waals surface area contributed by atoms with Gasteiger partial charge in [-0.1, -0.05) is 29.2 Å². The molecule has 114 valence electrons. The third-order valence-electron chi connectivity index (χ3n) is 3.41. The van der Waals surface area contributed by atoms with Crippen molar-refractivity contribution in [1.82, 2.24) is 19.7 Å². The molecule has 22 heavy (non-hydrogen) atoms. The number of rotatable bonds is 5. The SMILES string of the molecule is Cc1ccc(Nc2nnc(SCc3nccn3C)s2)cc1C. The van der Waals surface area contributed by atoms with Crippen LogP contribution in [-0.2, 0) is 12.8 Å². The van der Waals surface area contributed by atoms with Crippen molar-refractivity contribution >= 4 is 33.9 Å². The Kier molecular flexibility index (Phi) is 4.44. The van der Waals surface area contributed by atoms with Crippen molar-refractivity contribution in [3.05, 3.63) is 47.5 Å². The zero-order chi connectivity index (χ0) is 15.5. The molecule has 1 aromatic carbocycles. The van der Waals surface area contributed by atoms with Gasteiger partial charge in [0.1, 0.15) is 5.82 Å². The van der Waals surface area contributed by atoms with Crippen molar-refractivity contribution in [3.63, 3.8) is 0 Å². The Hall–Kier alpha value is -1.86. The lowest BCUT2D eigenvalue weighted by atomic mass is 10.1. The van der Waals surface area contributed by atoms with Gasteiger partial charge in [-0.2, -0.15) is 0 Å². The summed E-state index contributed by atoms with van der Waals surface area (Å²) in [6.07, 6.45) is 3.76. The molecular weight excluding hydrogens is 314 g/mol. The van der Waals surface area contributed by atoms with E-state index in [2.05, 4.69) is 52.5 Å². The molecule has 0 unspecified atom stereocenters. The minimum absolute atomic E-state index is 0.793. The van der Waals surface area contributed by atoms with Crippen molar-refractivity contribution in [2.24, 2.45) is 7.05 Å². The average Bonchev–Trinajstić information content (AvgIpc) is 3.10. The van der Waals surface area contributed by atoms with Gasteiger partial charge in [0.15, 0.2) is 4.34 Å². The number of hydrogen-bond donors (Lipinski definition) is 1. The molecule has 0 aliphatic rings. The number of imidazole rings is 1. The van der Waals surface area contributed by atoms with Crippen molar-refractivity contribution in [1.29, 1.82) is 0 Å². The van der Waals surface area contributed by atoms with Crippen molar-refractivity contribution in [2.75, 3.05) is 5.32 Å². The fraction of sp³-hybridized carbons (Fsp3) is 0.267. The maximum absolute atomic E-state index is 4.31. The van der Waals surface area contributed by atoms with Crippen LogP contribution in [0.1, 0.15) is 17.0 Å². The summed E-state index contributed by atoms with van der Waals surface area (Å²) in [5.41, 5.74) is 3.59. The van der Waals surface area contributed by atoms with Gasteiger partial charge in [0.25, 0.3) is 0 Å². The monoisotopic (exact) mass is 331 g/mol. The van der Waals surface area contributed by atoms with Crippen molar-refractivity contribution in [2.45, 2.75) is 23.9 Å². The first-order chi connectivity index (χ1) is 10.6. The highest BCUT2D eigenvalue weighted by Crippen LogP contribution is 2.29. The molecule has 0 amide bonds. The minimum Gasteiger partial charge on any atom is -0.337 e. The molecule has 0 saturated carbocycles. The maximum atomic E-state index is 4.31. The normalized spacial score (nSPS) is 10.9. The zero-order valence-electron chi connectivity index (χ0n) is 12.7. The molecule has 5 nitrogen and oxygen atoms in total. The summed E-state index contributed by atoms with van der Waals surface area (Å²) < 4.78 is 2.96. The lowest BCUT2D eigenvalue weighted by Gasteiger charge is -2.05. The summed E-state index contributed by atoms with van der Waals surface area (Å²) in [5, 5.41) is 12.5. The first-order valence-corrected chi connectivity index (χ1v) is 8.69. The molecule has 2 heterocycles. The number of thioether (sulfide) groups is 1. The largest absolute Gasteiger partial charge is 0.337 e. The molecule has 7 heteroatoms. The maximum Gasteiger partial charge on any atom is 0.210 e. The molecule has 0 aliphatic heterocycles. The second kappa shape index (κ2) is 6.50. The van der Waals surface area contributed by atoms with Gasteiger partial charge in [-0.25, -0.2) is 4.98 Å². The van der Waals surface area contributed by atoms with Gasteiger partial charge in [-0.15, -0.1) is 10.2 Å². The number of benzene rings is 1. The van der Waals surface area contributed by atoms with Crippen LogP contribution < -0.4 is 5.32 Å². The zero-order valence-corrected chi connectivity index (χ0v) is 14.3. The number of nitrogens with zero attached hydrogens (tertiary/aromatic N) is 4. The molecule has 0 aliphatic carbocycles. The molecule has 1 N–H and O–H groups in total. The van der Waals surface area contributed by atoms with E-state index < -0.39 is 0 Å². The van der Waals surface area contributed by atoms with Gasteiger partial charge in [-0.3, -0.25) is 0 Å². The lowest BCUT2D eigenvalue weighted by molar-refractivity contribution is 0.848. The van der Waals surface area contributed by atoms with Gasteiger partial charge >= 0.3 is 0 Å². The van der Waals surface area contributed by atoms with Gasteiger partial charge < -0.3 is 9.88 Å². The first kappa shape index (κ1) is 15.1. The van der Waals surface area contributed by atoms with Crippen LogP contribution in [0.4, 0.5) is 10.8 Å². The number of hydrogen-bond acceptors (Lipinski definition) is 6. The fourth-order valence-electron chi connectivity index (χ4n) is 1.92. The van der Waals surface area contributed by atoms with Crippen LogP contribution in [0.2, 0.25) is 0 Å². The third-order valence-corrected chi connectivity index (χ3v) is 5.38. The topological polar surface area (TPSA) is 55.6 Å². The lowest BCUT2D eigenvalue weighted by Crippen LogP contribution is -1.93. The van der Waals surface area contributed by atoms with Crippen LogP contribution in [0.5, 0.6) is 0 Å². The molecule has 0 spiro atoms. The second-order valence-corrected chi connectivity index (χ2v) is 7.24. The summed E-state index contributed by atoms with van der Waals surface area (Å²) in [7, 11) is 2.00. The van der Waals surface area contributed by atoms with E-state index in [1.807, 2.05) is 24.0 Å². The Morgan fingerprint density at radius 3 is 2.82 bits per heavy atom. The van der Waals surface area contributed by atoms with Crippen LogP contribution in [0.15, 0.2) is 34.9 Å². The predicted molar refractivity (Wildman–Crippen MR) is 91.9 cm³/mol. The number of anilines is 2. The highest BCUT2D eigenvalue weighted by molar-refractivity contribution is 8.00. The highest BCUT2D eigenvalue weighted by atomic mass is 32.2. The van der Waals surface area contributed by atoms with E-state index >= 15 is 0 Å². The van der Waals surface area contributed by atoms with Crippen LogP contribution >= 0.6 is 23.1 Å². The Morgan fingerprint density at radius 1 is 1.23 bits per heavy atom. The molecule has 0 atom stereocenters. The Bertz CT molecular complexity index is 778. The number of aryl methyl sites for hydroxylation is 3. The summed E-state index contributed by atoms with van der Waals surface area (Å²) in [5.74, 6) is 1.82. The molecule has 3 aromatic rings. The molecule has 0 bridgehead atoms. The summed E-state index contributed by atoms with van der Waals surface area (Å²) in [4.78, 5) is 4.31. The summed E-state index contributed by atoms with van der Waals surface area (Å²) in [6, 6.07) is 6.29. The van der Waals surface area contributed by atoms with Crippen LogP contribution in [0, 0.1) is 13.8 Å². The van der Waals surface area contributed by atoms with Gasteiger partial charge in [0, 0.05) is 25.1 Å². The van der Waals surface area contributed by atoms with Crippen LogP contribution in [0.3, 0.4) is 0 Å². The van der Waals surface area contributed by atoms with E-state index in [1.165, 1.54) is 11.1 Å². The fourth-order valence-corrected chi connectivity index (χ4v) is 3.70. The quantitative estimate of drug-likeness (QED) is 0.718. The van der Waals surface area contributed by atoms with E-state index in [1.54, 1.807) is 23.1 Å². The first-order valence-electron chi connectivity index (χ1n) is 6.88. The molecule has 3 rings (SSSR count). The van der Waals surface area contributed by atoms with E-state index in [-0.39, 0.29) is 0 Å². The van der Waals surface area contributed by atoms with Crippen molar-refractivity contribution < 1.29 is 0 Å². The average molecular weight is 331 g/mol. The smallest absolute Gasteiger partial charge is 0.210 e. The Morgan fingerprint density at radius 2 is 2.09 bits per heavy atom. The molecule has 0 fully saturated rings. The van der Waals surface area contributed by atoms with Crippen molar-refractivity contribution in [3.8, 4) is 0 Å². The number of nitrogens with one attached hydrogen (secondary N) is 1. The van der Waals surface area contributed by atoms with Gasteiger partial charge in [-0.05, 0) is 37.1 Å². The Labute approximate surface area is 137 Å². The Balaban J connectivity index is 1.63. The van der Waals surface area contributed by atoms with E-state index in [0.29, 0.717) is 0 Å². The van der Waals surface area contributed by atoms with Crippen LogP contribution in [-0.4, -0.2) is 19.7 Å². The predicted octanol–water partition coefficient (Wildman–Crippen LogP) is 3.92. The summed E-state index contributed by atoms with van der Waals surface area (Å²) in [6.45, 7) is 4.21. The van der Waals surface area contributed by atoms with E-state index in [4.69, 9.17) is 0 Å². The highest BCUT2D eigenvalue weighted by Gasteiger charge is 2.07. The molecule has 0 saturated heterocycles. The molecule has 0 radical (unpaired) electrons. The minimum atomic E-state index is 0.793. The van der Waals surface area contributed by atoms with E-state index in [0.717, 1.165) is 26.7 Å². The standard InChI is InChI=1S/C15H17N5S2/c1-10-4-5-12(8-11(10)2)17-14-18-19-15(22-14)21-9-13-16-6-7-20(13)3/h4-8H,9H2,1-3H3,(H,17,18). The molecule has 2 aromatic heterocycles. The third kappa shape index (κ3) is 3.48. The van der Waals surface area contributed by atoms with Gasteiger partial charge in [0.05, 0.1) is 5.75 Å². The summed E-state index contributed by atoms with van der Waals surface area (Å²) >= 11 is 3.21. The van der Waals surface area contributed by atoms with Gasteiger partial charge in [0.2, 0.25) is 5.13 Å². The second-order valence-electron chi connectivity index (χ2n) is 5.04. The van der Waals surface area contributed by atoms with E-state index in [9.17, 15) is 0 Å². The van der Waals surface area contributed by atoms with Crippen LogP contribution in [0.25, 0.3) is 0 Å².